The smallest absolute Gasteiger partial charge is 0.241 e. The summed E-state index contributed by atoms with van der Waals surface area (Å²) in [5.74, 6) is -0.666. The highest BCUT2D eigenvalue weighted by atomic mass is 35.5. The fraction of sp³-hybridized carbons (Fsp3) is 0.333. The molecule has 3 rings (SSSR count). The van der Waals surface area contributed by atoms with Gasteiger partial charge in [0, 0.05) is 17.6 Å². The van der Waals surface area contributed by atoms with Gasteiger partial charge in [0.25, 0.3) is 0 Å². The molecule has 1 fully saturated rings. The van der Waals surface area contributed by atoms with Crippen molar-refractivity contribution in [3.8, 4) is 6.07 Å². The lowest BCUT2D eigenvalue weighted by Crippen LogP contribution is -2.41. The van der Waals surface area contributed by atoms with Crippen molar-refractivity contribution in [1.29, 1.82) is 5.26 Å². The third-order valence-corrected chi connectivity index (χ3v) is 5.06. The van der Waals surface area contributed by atoms with Gasteiger partial charge < -0.3 is 4.90 Å². The number of nitriles is 1. The van der Waals surface area contributed by atoms with Gasteiger partial charge in [0.15, 0.2) is 0 Å². The van der Waals surface area contributed by atoms with Crippen LogP contribution in [0.1, 0.15) is 30.9 Å². The summed E-state index contributed by atoms with van der Waals surface area (Å²) in [7, 11) is 0. The number of anilines is 1. The summed E-state index contributed by atoms with van der Waals surface area (Å²) in [4.78, 5) is 16.5. The number of amides is 1. The maximum atomic E-state index is 14.2. The van der Waals surface area contributed by atoms with Crippen molar-refractivity contribution >= 4 is 23.2 Å². The van der Waals surface area contributed by atoms with Gasteiger partial charge in [0.2, 0.25) is 5.91 Å². The molecular weight excluding hydrogens is 365 g/mol. The van der Waals surface area contributed by atoms with Crippen molar-refractivity contribution in [3.63, 3.8) is 0 Å². The number of para-hydroxylation sites is 1. The van der Waals surface area contributed by atoms with Gasteiger partial charge >= 0.3 is 0 Å². The molecule has 1 atom stereocenters. The molecule has 1 saturated heterocycles. The lowest BCUT2D eigenvalue weighted by atomic mass is 10.0. The minimum Gasteiger partial charge on any atom is -0.308 e. The first kappa shape index (κ1) is 19.3. The first-order valence-electron chi connectivity index (χ1n) is 9.01. The van der Waals surface area contributed by atoms with Crippen molar-refractivity contribution in [2.24, 2.45) is 0 Å². The van der Waals surface area contributed by atoms with Crippen LogP contribution in [-0.4, -0.2) is 30.4 Å². The quantitative estimate of drug-likeness (QED) is 0.732. The van der Waals surface area contributed by atoms with Gasteiger partial charge in [-0.2, -0.15) is 5.26 Å². The summed E-state index contributed by atoms with van der Waals surface area (Å²) in [6, 6.07) is 16.0. The summed E-state index contributed by atoms with van der Waals surface area (Å²) in [5, 5.41) is 9.58. The maximum absolute atomic E-state index is 14.2. The number of hydrogen-bond donors (Lipinski definition) is 0. The molecule has 0 N–H and O–H groups in total. The molecule has 1 aliphatic rings. The Morgan fingerprint density at radius 3 is 2.85 bits per heavy atom. The molecule has 1 heterocycles. The molecule has 27 heavy (non-hydrogen) atoms. The van der Waals surface area contributed by atoms with E-state index in [2.05, 4.69) is 4.90 Å². The Morgan fingerprint density at radius 2 is 2.11 bits per heavy atom. The summed E-state index contributed by atoms with van der Waals surface area (Å²) >= 11 is 6.12. The topological polar surface area (TPSA) is 47.3 Å². The standard InChI is InChI=1S/C21H21ClFN3O/c22-17-7-3-6-16(14-17)19-10-4-12-25(19)15-21(27)26(13-5-11-24)20-9-2-1-8-18(20)23/h1-3,6-9,14,19H,4-5,10,12-13,15H2/t19-/m0/s1. The zero-order valence-corrected chi connectivity index (χ0v) is 15.7. The predicted molar refractivity (Wildman–Crippen MR) is 104 cm³/mol. The van der Waals surface area contributed by atoms with Crippen LogP contribution in [0.2, 0.25) is 5.02 Å². The second-order valence-electron chi connectivity index (χ2n) is 6.59. The summed E-state index contributed by atoms with van der Waals surface area (Å²) in [6.07, 6.45) is 2.09. The molecule has 4 nitrogen and oxygen atoms in total. The lowest BCUT2D eigenvalue weighted by Gasteiger charge is -2.28. The Bertz CT molecular complexity index is 851. The largest absolute Gasteiger partial charge is 0.308 e. The Kier molecular flexibility index (Phi) is 6.44. The Labute approximate surface area is 163 Å². The van der Waals surface area contributed by atoms with Gasteiger partial charge in [-0.05, 0) is 49.2 Å². The molecule has 6 heteroatoms. The Balaban J connectivity index is 1.78. The summed E-state index contributed by atoms with van der Waals surface area (Å²) < 4.78 is 14.2. The number of carbonyl (C=O) groups is 1. The average Bonchev–Trinajstić information content (AvgIpc) is 3.11. The molecule has 1 aliphatic heterocycles. The number of likely N-dealkylation sites (tertiary alicyclic amines) is 1. The Morgan fingerprint density at radius 1 is 1.30 bits per heavy atom. The molecule has 0 aliphatic carbocycles. The minimum absolute atomic E-state index is 0.117. The molecular formula is C21H21ClFN3O. The molecule has 0 radical (unpaired) electrons. The van der Waals surface area contributed by atoms with E-state index < -0.39 is 5.82 Å². The van der Waals surface area contributed by atoms with Crippen LogP contribution in [0.25, 0.3) is 0 Å². The van der Waals surface area contributed by atoms with Crippen LogP contribution in [0.4, 0.5) is 10.1 Å². The van der Waals surface area contributed by atoms with Crippen LogP contribution < -0.4 is 4.90 Å². The lowest BCUT2D eigenvalue weighted by molar-refractivity contribution is -0.120. The second-order valence-corrected chi connectivity index (χ2v) is 7.02. The molecule has 2 aromatic carbocycles. The van der Waals surface area contributed by atoms with Crippen molar-refractivity contribution in [2.45, 2.75) is 25.3 Å². The van der Waals surface area contributed by atoms with Crippen LogP contribution in [0.15, 0.2) is 48.5 Å². The van der Waals surface area contributed by atoms with Crippen LogP contribution in [0.3, 0.4) is 0 Å². The molecule has 0 saturated carbocycles. The van der Waals surface area contributed by atoms with Crippen molar-refractivity contribution in [2.75, 3.05) is 24.5 Å². The van der Waals surface area contributed by atoms with Gasteiger partial charge in [-0.15, -0.1) is 0 Å². The van der Waals surface area contributed by atoms with Crippen molar-refractivity contribution in [3.05, 3.63) is 64.9 Å². The third kappa shape index (κ3) is 4.65. The number of halogens is 2. The Hall–Kier alpha value is -2.42. The fourth-order valence-electron chi connectivity index (χ4n) is 3.58. The van der Waals surface area contributed by atoms with E-state index in [1.807, 2.05) is 30.3 Å². The van der Waals surface area contributed by atoms with Crippen LogP contribution in [0, 0.1) is 17.1 Å². The number of nitrogens with zero attached hydrogens (tertiary/aromatic N) is 3. The van der Waals surface area contributed by atoms with E-state index in [-0.39, 0.29) is 37.1 Å². The van der Waals surface area contributed by atoms with E-state index in [0.29, 0.717) is 5.02 Å². The maximum Gasteiger partial charge on any atom is 0.241 e. The zero-order chi connectivity index (χ0) is 19.2. The van der Waals surface area contributed by atoms with Crippen LogP contribution in [-0.2, 0) is 4.79 Å². The van der Waals surface area contributed by atoms with E-state index >= 15 is 0 Å². The SMILES string of the molecule is N#CCCN(C(=O)CN1CCC[C@H]1c1cccc(Cl)c1)c1ccccc1F. The first-order chi connectivity index (χ1) is 13.1. The van der Waals surface area contributed by atoms with E-state index in [1.165, 1.54) is 11.0 Å². The molecule has 0 unspecified atom stereocenters. The van der Waals surface area contributed by atoms with Gasteiger partial charge in [-0.1, -0.05) is 35.9 Å². The van der Waals surface area contributed by atoms with Crippen LogP contribution in [0.5, 0.6) is 0 Å². The highest BCUT2D eigenvalue weighted by Gasteiger charge is 2.30. The summed E-state index contributed by atoms with van der Waals surface area (Å²) in [6.45, 7) is 1.15. The zero-order valence-electron chi connectivity index (χ0n) is 14.9. The first-order valence-corrected chi connectivity index (χ1v) is 9.39. The number of hydrogen-bond acceptors (Lipinski definition) is 3. The predicted octanol–water partition coefficient (Wildman–Crippen LogP) is 4.56. The molecule has 0 spiro atoms. The molecule has 1 amide bonds. The van der Waals surface area contributed by atoms with Crippen molar-refractivity contribution in [1.82, 2.24) is 4.90 Å². The van der Waals surface area contributed by atoms with E-state index in [9.17, 15) is 9.18 Å². The molecule has 0 bridgehead atoms. The van der Waals surface area contributed by atoms with Gasteiger partial charge in [0.05, 0.1) is 24.7 Å². The fourth-order valence-corrected chi connectivity index (χ4v) is 3.78. The second kappa shape index (κ2) is 8.98. The normalized spacial score (nSPS) is 16.9. The van der Waals surface area contributed by atoms with Gasteiger partial charge in [-0.3, -0.25) is 9.69 Å². The number of rotatable bonds is 6. The monoisotopic (exact) mass is 385 g/mol. The molecule has 2 aromatic rings. The van der Waals surface area contributed by atoms with Gasteiger partial charge in [0.1, 0.15) is 5.82 Å². The highest BCUT2D eigenvalue weighted by Crippen LogP contribution is 2.33. The minimum atomic E-state index is -0.461. The highest BCUT2D eigenvalue weighted by molar-refractivity contribution is 6.30. The number of benzene rings is 2. The number of carbonyl (C=O) groups excluding carboxylic acids is 1. The van der Waals surface area contributed by atoms with Crippen LogP contribution >= 0.6 is 11.6 Å². The summed E-state index contributed by atoms with van der Waals surface area (Å²) in [5.41, 5.74) is 1.30. The van der Waals surface area contributed by atoms with E-state index in [4.69, 9.17) is 16.9 Å². The van der Waals surface area contributed by atoms with Crippen molar-refractivity contribution < 1.29 is 9.18 Å². The molecule has 0 aromatic heterocycles. The average molecular weight is 386 g/mol. The van der Waals surface area contributed by atoms with E-state index in [1.54, 1.807) is 18.2 Å². The van der Waals surface area contributed by atoms with E-state index in [0.717, 1.165) is 24.9 Å². The third-order valence-electron chi connectivity index (χ3n) is 4.83. The van der Waals surface area contributed by atoms with Gasteiger partial charge in [-0.25, -0.2) is 4.39 Å². The molecule has 140 valence electrons.